The van der Waals surface area contributed by atoms with E-state index in [0.717, 1.165) is 25.7 Å². The number of methoxy groups -OCH3 is 1. The predicted molar refractivity (Wildman–Crippen MR) is 57.5 cm³/mol. The number of amides is 1. The molecule has 1 saturated heterocycles. The highest BCUT2D eigenvalue weighted by molar-refractivity contribution is 5.86. The summed E-state index contributed by atoms with van der Waals surface area (Å²) in [6, 6.07) is -0.198. The van der Waals surface area contributed by atoms with Gasteiger partial charge in [0.25, 0.3) is 0 Å². The van der Waals surface area contributed by atoms with Crippen molar-refractivity contribution in [3.05, 3.63) is 0 Å². The van der Waals surface area contributed by atoms with Gasteiger partial charge in [0.15, 0.2) is 0 Å². The Morgan fingerprint density at radius 1 is 1.44 bits per heavy atom. The highest BCUT2D eigenvalue weighted by Gasteiger charge is 2.48. The van der Waals surface area contributed by atoms with Crippen molar-refractivity contribution < 1.29 is 14.3 Å². The van der Waals surface area contributed by atoms with Crippen LogP contribution in [0.4, 0.5) is 0 Å². The van der Waals surface area contributed by atoms with Gasteiger partial charge in [-0.25, -0.2) is 4.79 Å². The van der Waals surface area contributed by atoms with Crippen LogP contribution in [-0.4, -0.2) is 42.5 Å². The maximum atomic E-state index is 11.8. The number of carbonyl (C=O) groups is 2. The molecule has 16 heavy (non-hydrogen) atoms. The van der Waals surface area contributed by atoms with Crippen LogP contribution in [0.15, 0.2) is 0 Å². The lowest BCUT2D eigenvalue weighted by Crippen LogP contribution is -2.47. The van der Waals surface area contributed by atoms with Crippen LogP contribution in [0.2, 0.25) is 0 Å². The van der Waals surface area contributed by atoms with Crippen molar-refractivity contribution in [1.29, 1.82) is 0 Å². The molecule has 0 aromatic heterocycles. The lowest BCUT2D eigenvalue weighted by Gasteiger charge is -2.27. The number of hydrogen-bond acceptors (Lipinski definition) is 4. The summed E-state index contributed by atoms with van der Waals surface area (Å²) in [5.74, 6) is 0.0144. The van der Waals surface area contributed by atoms with Gasteiger partial charge in [-0.2, -0.15) is 0 Å². The molecule has 1 heterocycles. The third-order valence-electron chi connectivity index (χ3n) is 3.77. The second kappa shape index (κ2) is 4.41. The van der Waals surface area contributed by atoms with Crippen molar-refractivity contribution in [2.75, 3.05) is 13.7 Å². The molecule has 0 bridgehead atoms. The fourth-order valence-corrected chi connectivity index (χ4v) is 3.10. The van der Waals surface area contributed by atoms with E-state index in [2.05, 4.69) is 0 Å². The molecular weight excluding hydrogens is 208 g/mol. The van der Waals surface area contributed by atoms with Gasteiger partial charge in [-0.05, 0) is 25.2 Å². The van der Waals surface area contributed by atoms with Crippen molar-refractivity contribution in [1.82, 2.24) is 4.90 Å². The Kier molecular flexibility index (Phi) is 3.14. The van der Waals surface area contributed by atoms with Crippen LogP contribution in [-0.2, 0) is 14.3 Å². The molecule has 2 rings (SSSR count). The molecule has 2 aliphatic rings. The van der Waals surface area contributed by atoms with E-state index in [1.54, 1.807) is 4.90 Å². The van der Waals surface area contributed by atoms with Crippen molar-refractivity contribution >= 4 is 11.9 Å². The van der Waals surface area contributed by atoms with E-state index < -0.39 is 6.04 Å². The summed E-state index contributed by atoms with van der Waals surface area (Å²) in [4.78, 5) is 25.1. The smallest absolute Gasteiger partial charge is 0.328 e. The Balaban J connectivity index is 2.19. The Hall–Kier alpha value is -1.10. The minimum absolute atomic E-state index is 0.0310. The molecule has 1 aliphatic heterocycles. The van der Waals surface area contributed by atoms with Crippen molar-refractivity contribution in [2.45, 2.75) is 37.8 Å². The number of nitrogens with two attached hydrogens (primary N) is 1. The molecule has 1 saturated carbocycles. The summed E-state index contributed by atoms with van der Waals surface area (Å²) in [6.45, 7) is -0.0310. The summed E-state index contributed by atoms with van der Waals surface area (Å²) in [6.07, 6.45) is 3.97. The van der Waals surface area contributed by atoms with Gasteiger partial charge in [0.1, 0.15) is 6.04 Å². The van der Waals surface area contributed by atoms with Crippen LogP contribution in [0, 0.1) is 5.92 Å². The molecule has 1 amide bonds. The number of esters is 1. The third kappa shape index (κ3) is 1.69. The Bertz CT molecular complexity index is 306. The molecule has 0 radical (unpaired) electrons. The Morgan fingerprint density at radius 3 is 2.81 bits per heavy atom. The summed E-state index contributed by atoms with van der Waals surface area (Å²) in [5, 5.41) is 0. The van der Waals surface area contributed by atoms with E-state index >= 15 is 0 Å². The summed E-state index contributed by atoms with van der Waals surface area (Å²) >= 11 is 0. The van der Waals surface area contributed by atoms with Gasteiger partial charge in [-0.3, -0.25) is 4.79 Å². The van der Waals surface area contributed by atoms with Gasteiger partial charge in [-0.15, -0.1) is 0 Å². The van der Waals surface area contributed by atoms with E-state index in [0.29, 0.717) is 5.92 Å². The fraction of sp³-hybridized carbons (Fsp3) is 0.818. The molecule has 0 unspecified atom stereocenters. The largest absolute Gasteiger partial charge is 0.467 e. The van der Waals surface area contributed by atoms with Crippen LogP contribution in [0.1, 0.15) is 25.7 Å². The molecular formula is C11H18N2O3. The molecule has 2 fully saturated rings. The van der Waals surface area contributed by atoms with Crippen molar-refractivity contribution in [3.8, 4) is 0 Å². The third-order valence-corrected chi connectivity index (χ3v) is 3.77. The van der Waals surface area contributed by atoms with Gasteiger partial charge in [-0.1, -0.05) is 6.42 Å². The first-order valence-corrected chi connectivity index (χ1v) is 5.78. The molecule has 1 aliphatic carbocycles. The zero-order valence-corrected chi connectivity index (χ0v) is 9.52. The maximum absolute atomic E-state index is 11.8. The van der Waals surface area contributed by atoms with Crippen LogP contribution < -0.4 is 5.73 Å². The molecule has 0 spiro atoms. The second-order valence-corrected chi connectivity index (χ2v) is 4.54. The zero-order chi connectivity index (χ0) is 11.7. The van der Waals surface area contributed by atoms with E-state index in [4.69, 9.17) is 10.5 Å². The summed E-state index contributed by atoms with van der Waals surface area (Å²) < 4.78 is 4.75. The first kappa shape index (κ1) is 11.4. The van der Waals surface area contributed by atoms with Gasteiger partial charge in [0.05, 0.1) is 13.7 Å². The molecule has 5 heteroatoms. The number of nitrogens with zero attached hydrogens (tertiary/aromatic N) is 1. The molecule has 2 N–H and O–H groups in total. The first-order valence-electron chi connectivity index (χ1n) is 5.78. The van der Waals surface area contributed by atoms with E-state index in [-0.39, 0.29) is 24.5 Å². The summed E-state index contributed by atoms with van der Waals surface area (Å²) in [5.41, 5.74) is 5.40. The van der Waals surface area contributed by atoms with E-state index in [9.17, 15) is 9.59 Å². The highest BCUT2D eigenvalue weighted by atomic mass is 16.5. The monoisotopic (exact) mass is 226 g/mol. The normalized spacial score (nSPS) is 32.6. The predicted octanol–water partition coefficient (Wildman–Crippen LogP) is -0.112. The van der Waals surface area contributed by atoms with Gasteiger partial charge in [0, 0.05) is 6.04 Å². The average Bonchev–Trinajstić information content (AvgIpc) is 2.86. The quantitative estimate of drug-likeness (QED) is 0.667. The number of hydrogen-bond donors (Lipinski definition) is 1. The molecule has 5 nitrogen and oxygen atoms in total. The number of rotatable bonds is 2. The zero-order valence-electron chi connectivity index (χ0n) is 9.52. The lowest BCUT2D eigenvalue weighted by atomic mass is 10.0. The first-order chi connectivity index (χ1) is 7.69. The standard InChI is InChI=1S/C11H18N2O3/c1-16-11(15)9-5-7-3-2-4-8(7)13(9)10(14)6-12/h7-9H,2-6,12H2,1H3/t7-,8-,9-/m0/s1. The van der Waals surface area contributed by atoms with Crippen LogP contribution >= 0.6 is 0 Å². The number of fused-ring (bicyclic) bond motifs is 1. The van der Waals surface area contributed by atoms with Crippen LogP contribution in [0.5, 0.6) is 0 Å². The number of likely N-dealkylation sites (tertiary alicyclic amines) is 1. The fourth-order valence-electron chi connectivity index (χ4n) is 3.10. The van der Waals surface area contributed by atoms with Gasteiger partial charge >= 0.3 is 5.97 Å². The van der Waals surface area contributed by atoms with Crippen LogP contribution in [0.25, 0.3) is 0 Å². The molecule has 0 aromatic rings. The minimum atomic E-state index is -0.406. The minimum Gasteiger partial charge on any atom is -0.467 e. The Morgan fingerprint density at radius 2 is 2.19 bits per heavy atom. The Labute approximate surface area is 94.9 Å². The molecule has 0 aromatic carbocycles. The molecule has 90 valence electrons. The van der Waals surface area contributed by atoms with E-state index in [1.165, 1.54) is 7.11 Å². The SMILES string of the molecule is COC(=O)[C@@H]1C[C@@H]2CCC[C@@H]2N1C(=O)CN. The topological polar surface area (TPSA) is 72.6 Å². The number of ether oxygens (including phenoxy) is 1. The van der Waals surface area contributed by atoms with Gasteiger partial charge in [0.2, 0.25) is 5.91 Å². The number of carbonyl (C=O) groups excluding carboxylic acids is 2. The average molecular weight is 226 g/mol. The van der Waals surface area contributed by atoms with Gasteiger partial charge < -0.3 is 15.4 Å². The lowest BCUT2D eigenvalue weighted by molar-refractivity contribution is -0.151. The second-order valence-electron chi connectivity index (χ2n) is 4.54. The maximum Gasteiger partial charge on any atom is 0.328 e. The van der Waals surface area contributed by atoms with Crippen molar-refractivity contribution in [3.63, 3.8) is 0 Å². The highest BCUT2D eigenvalue weighted by Crippen LogP contribution is 2.41. The van der Waals surface area contributed by atoms with Crippen molar-refractivity contribution in [2.24, 2.45) is 11.7 Å². The molecule has 3 atom stereocenters. The summed E-state index contributed by atoms with van der Waals surface area (Å²) in [7, 11) is 1.36. The van der Waals surface area contributed by atoms with Crippen LogP contribution in [0.3, 0.4) is 0 Å². The van der Waals surface area contributed by atoms with E-state index in [1.807, 2.05) is 0 Å².